The summed E-state index contributed by atoms with van der Waals surface area (Å²) in [6.07, 6.45) is 3.44. The van der Waals surface area contributed by atoms with Crippen LogP contribution in [-0.4, -0.2) is 34.2 Å². The van der Waals surface area contributed by atoms with E-state index in [0.29, 0.717) is 0 Å². The molecule has 2 aromatic rings. The van der Waals surface area contributed by atoms with Crippen LogP contribution >= 0.6 is 11.3 Å². The Kier molecular flexibility index (Phi) is 4.63. The van der Waals surface area contributed by atoms with Crippen molar-refractivity contribution >= 4 is 11.3 Å². The van der Waals surface area contributed by atoms with Crippen LogP contribution in [0.25, 0.3) is 10.6 Å². The summed E-state index contributed by atoms with van der Waals surface area (Å²) in [7, 11) is 0. The lowest BCUT2D eigenvalue weighted by Crippen LogP contribution is -2.41. The second-order valence-electron chi connectivity index (χ2n) is 5.45. The second kappa shape index (κ2) is 6.64. The van der Waals surface area contributed by atoms with E-state index >= 15 is 0 Å². The van der Waals surface area contributed by atoms with Crippen LogP contribution < -0.4 is 0 Å². The van der Waals surface area contributed by atoms with Crippen LogP contribution in [0, 0.1) is 5.82 Å². The van der Waals surface area contributed by atoms with E-state index in [0.717, 1.165) is 35.8 Å². The predicted molar refractivity (Wildman–Crippen MR) is 82.6 cm³/mol. The number of halogens is 1. The molecule has 0 radical (unpaired) electrons. The number of aliphatic hydroxyl groups is 1. The highest BCUT2D eigenvalue weighted by Crippen LogP contribution is 2.26. The Bertz CT molecular complexity index is 584. The van der Waals surface area contributed by atoms with Crippen LogP contribution in [0.15, 0.2) is 29.6 Å². The van der Waals surface area contributed by atoms with Gasteiger partial charge in [0.1, 0.15) is 10.8 Å². The van der Waals surface area contributed by atoms with Crippen molar-refractivity contribution in [1.82, 2.24) is 9.88 Å². The van der Waals surface area contributed by atoms with Gasteiger partial charge in [-0.15, -0.1) is 11.3 Å². The summed E-state index contributed by atoms with van der Waals surface area (Å²) in [4.78, 5) is 6.96. The molecule has 1 unspecified atom stereocenters. The van der Waals surface area contributed by atoms with Crippen LogP contribution in [0.1, 0.15) is 25.0 Å². The van der Waals surface area contributed by atoms with Crippen LogP contribution in [0.2, 0.25) is 0 Å². The Morgan fingerprint density at radius 2 is 2.10 bits per heavy atom. The van der Waals surface area contributed by atoms with Gasteiger partial charge in [-0.3, -0.25) is 4.90 Å². The molecule has 1 aliphatic heterocycles. The molecule has 3 nitrogen and oxygen atoms in total. The Morgan fingerprint density at radius 1 is 1.29 bits per heavy atom. The van der Waals surface area contributed by atoms with Gasteiger partial charge in [0, 0.05) is 23.5 Å². The maximum absolute atomic E-state index is 13.0. The monoisotopic (exact) mass is 306 g/mol. The summed E-state index contributed by atoms with van der Waals surface area (Å²) in [6, 6.07) is 6.70. The molecule has 1 aliphatic rings. The topological polar surface area (TPSA) is 36.4 Å². The van der Waals surface area contributed by atoms with Gasteiger partial charge >= 0.3 is 0 Å². The minimum absolute atomic E-state index is 0.217. The van der Waals surface area contributed by atoms with Crippen LogP contribution in [0.5, 0.6) is 0 Å². The summed E-state index contributed by atoms with van der Waals surface area (Å²) in [5, 5.41) is 12.4. The van der Waals surface area contributed by atoms with Gasteiger partial charge in [0.2, 0.25) is 0 Å². The molecule has 0 saturated carbocycles. The first kappa shape index (κ1) is 14.6. The number of hydrogen-bond acceptors (Lipinski definition) is 4. The molecule has 5 heteroatoms. The Morgan fingerprint density at radius 3 is 2.86 bits per heavy atom. The van der Waals surface area contributed by atoms with Crippen molar-refractivity contribution in [3.63, 3.8) is 0 Å². The number of nitrogens with zero attached hydrogens (tertiary/aromatic N) is 2. The van der Waals surface area contributed by atoms with Crippen molar-refractivity contribution in [3.8, 4) is 10.6 Å². The lowest BCUT2D eigenvalue weighted by atomic mass is 10.0. The van der Waals surface area contributed by atoms with Crippen molar-refractivity contribution in [3.05, 3.63) is 41.2 Å². The molecule has 1 aromatic heterocycles. The fourth-order valence-corrected chi connectivity index (χ4v) is 3.60. The largest absolute Gasteiger partial charge is 0.395 e. The van der Waals surface area contributed by atoms with Crippen molar-refractivity contribution in [2.45, 2.75) is 31.8 Å². The second-order valence-corrected chi connectivity index (χ2v) is 6.31. The molecule has 0 amide bonds. The molecule has 1 aromatic carbocycles. The van der Waals surface area contributed by atoms with Gasteiger partial charge in [0.05, 0.1) is 12.3 Å². The normalized spacial score (nSPS) is 19.8. The summed E-state index contributed by atoms with van der Waals surface area (Å²) in [6.45, 7) is 2.02. The molecule has 112 valence electrons. The van der Waals surface area contributed by atoms with Crippen LogP contribution in [0.3, 0.4) is 0 Å². The zero-order chi connectivity index (χ0) is 14.7. The van der Waals surface area contributed by atoms with Gasteiger partial charge in [-0.1, -0.05) is 6.42 Å². The predicted octanol–water partition coefficient (Wildman–Crippen LogP) is 3.30. The smallest absolute Gasteiger partial charge is 0.123 e. The van der Waals surface area contributed by atoms with Crippen molar-refractivity contribution in [2.75, 3.05) is 13.2 Å². The molecule has 3 rings (SSSR count). The number of piperidine rings is 1. The van der Waals surface area contributed by atoms with E-state index in [1.807, 2.05) is 0 Å². The highest BCUT2D eigenvalue weighted by molar-refractivity contribution is 7.13. The summed E-state index contributed by atoms with van der Waals surface area (Å²) in [5.41, 5.74) is 1.98. The van der Waals surface area contributed by atoms with Gasteiger partial charge in [0.15, 0.2) is 0 Å². The quantitative estimate of drug-likeness (QED) is 0.941. The average molecular weight is 306 g/mol. The molecular formula is C16H19FN2OS. The molecule has 1 fully saturated rings. The molecule has 1 N–H and O–H groups in total. The van der Waals surface area contributed by atoms with Crippen molar-refractivity contribution in [1.29, 1.82) is 0 Å². The minimum Gasteiger partial charge on any atom is -0.395 e. The highest BCUT2D eigenvalue weighted by Gasteiger charge is 2.22. The average Bonchev–Trinajstić information content (AvgIpc) is 2.97. The first-order valence-corrected chi connectivity index (χ1v) is 8.19. The van der Waals surface area contributed by atoms with E-state index in [2.05, 4.69) is 15.3 Å². The standard InChI is InChI=1S/C16H19FN2OS/c17-13-6-4-12(5-7-13)16-18-14(11-21-16)9-19-8-2-1-3-15(19)10-20/h4-7,11,15,20H,1-3,8-10H2. The zero-order valence-electron chi connectivity index (χ0n) is 11.8. The molecular weight excluding hydrogens is 287 g/mol. The van der Waals surface area contributed by atoms with E-state index in [4.69, 9.17) is 0 Å². The fourth-order valence-electron chi connectivity index (χ4n) is 2.79. The number of rotatable bonds is 4. The highest BCUT2D eigenvalue weighted by atomic mass is 32.1. The number of aromatic nitrogens is 1. The zero-order valence-corrected chi connectivity index (χ0v) is 12.7. The number of likely N-dealkylation sites (tertiary alicyclic amines) is 1. The van der Waals surface area contributed by atoms with Gasteiger partial charge in [-0.2, -0.15) is 0 Å². The molecule has 21 heavy (non-hydrogen) atoms. The van der Waals surface area contributed by atoms with Crippen molar-refractivity contribution in [2.24, 2.45) is 0 Å². The first-order valence-electron chi connectivity index (χ1n) is 7.31. The van der Waals surface area contributed by atoms with E-state index in [9.17, 15) is 9.50 Å². The number of hydrogen-bond donors (Lipinski definition) is 1. The van der Waals surface area contributed by atoms with Crippen LogP contribution in [-0.2, 0) is 6.54 Å². The third kappa shape index (κ3) is 3.48. The lowest BCUT2D eigenvalue weighted by molar-refractivity contribution is 0.0832. The van der Waals surface area contributed by atoms with Crippen molar-refractivity contribution < 1.29 is 9.50 Å². The van der Waals surface area contributed by atoms with E-state index in [1.54, 1.807) is 23.5 Å². The SMILES string of the molecule is OCC1CCCCN1Cc1csc(-c2ccc(F)cc2)n1. The Balaban J connectivity index is 1.71. The Hall–Kier alpha value is -1.30. The number of aliphatic hydroxyl groups excluding tert-OH is 1. The summed E-state index contributed by atoms with van der Waals surface area (Å²) >= 11 is 1.58. The summed E-state index contributed by atoms with van der Waals surface area (Å²) in [5.74, 6) is -0.227. The molecule has 2 heterocycles. The van der Waals surface area contributed by atoms with Gasteiger partial charge in [0.25, 0.3) is 0 Å². The third-order valence-electron chi connectivity index (χ3n) is 3.97. The Labute approximate surface area is 128 Å². The fraction of sp³-hybridized carbons (Fsp3) is 0.438. The molecule has 0 aliphatic carbocycles. The minimum atomic E-state index is -0.227. The summed E-state index contributed by atoms with van der Waals surface area (Å²) < 4.78 is 13.0. The van der Waals surface area contributed by atoms with E-state index in [-0.39, 0.29) is 18.5 Å². The van der Waals surface area contributed by atoms with E-state index < -0.39 is 0 Å². The molecule has 0 spiro atoms. The van der Waals surface area contributed by atoms with Gasteiger partial charge < -0.3 is 5.11 Å². The maximum atomic E-state index is 13.0. The number of benzene rings is 1. The van der Waals surface area contributed by atoms with E-state index in [1.165, 1.54) is 25.0 Å². The number of thiazole rings is 1. The van der Waals surface area contributed by atoms with Gasteiger partial charge in [-0.05, 0) is 43.7 Å². The molecule has 1 atom stereocenters. The third-order valence-corrected chi connectivity index (χ3v) is 4.91. The maximum Gasteiger partial charge on any atom is 0.123 e. The van der Waals surface area contributed by atoms with Crippen LogP contribution in [0.4, 0.5) is 4.39 Å². The first-order chi connectivity index (χ1) is 10.3. The lowest BCUT2D eigenvalue weighted by Gasteiger charge is -2.33. The molecule has 0 bridgehead atoms. The molecule has 1 saturated heterocycles. The van der Waals surface area contributed by atoms with Gasteiger partial charge in [-0.25, -0.2) is 9.37 Å².